The first-order valence-corrected chi connectivity index (χ1v) is 5.92. The lowest BCUT2D eigenvalue weighted by Crippen LogP contribution is -2.06. The molecule has 0 unspecified atom stereocenters. The van der Waals surface area contributed by atoms with Crippen molar-refractivity contribution in [2.45, 2.75) is 20.4 Å². The number of anilines is 1. The third-order valence-corrected chi connectivity index (χ3v) is 3.04. The van der Waals surface area contributed by atoms with Crippen LogP contribution in [0.2, 0.25) is 0 Å². The highest BCUT2D eigenvalue weighted by atomic mass is 19.1. The van der Waals surface area contributed by atoms with Gasteiger partial charge in [-0.15, -0.1) is 0 Å². The molecule has 100 valence electrons. The zero-order valence-electron chi connectivity index (χ0n) is 10.7. The lowest BCUT2D eigenvalue weighted by molar-refractivity contribution is 0.582. The molecule has 0 spiro atoms. The second-order valence-corrected chi connectivity index (χ2v) is 4.48. The fourth-order valence-corrected chi connectivity index (χ4v) is 1.86. The van der Waals surface area contributed by atoms with E-state index in [-0.39, 0.29) is 18.0 Å². The molecule has 2 aromatic rings. The second kappa shape index (κ2) is 5.34. The molecule has 0 aliphatic rings. The van der Waals surface area contributed by atoms with E-state index in [1.54, 1.807) is 19.9 Å². The van der Waals surface area contributed by atoms with E-state index >= 15 is 0 Å². The van der Waals surface area contributed by atoms with Crippen LogP contribution in [0.1, 0.15) is 16.7 Å². The molecular formula is C15H14F3N. The number of hydrogen-bond acceptors (Lipinski definition) is 1. The van der Waals surface area contributed by atoms with E-state index in [9.17, 15) is 13.2 Å². The van der Waals surface area contributed by atoms with Gasteiger partial charge in [-0.1, -0.05) is 12.1 Å². The molecule has 19 heavy (non-hydrogen) atoms. The molecule has 4 heteroatoms. The molecule has 0 amide bonds. The van der Waals surface area contributed by atoms with E-state index in [4.69, 9.17) is 0 Å². The van der Waals surface area contributed by atoms with Crippen LogP contribution in [-0.4, -0.2) is 0 Å². The predicted molar refractivity (Wildman–Crippen MR) is 69.6 cm³/mol. The van der Waals surface area contributed by atoms with Crippen LogP contribution in [0.15, 0.2) is 30.3 Å². The van der Waals surface area contributed by atoms with Crippen molar-refractivity contribution >= 4 is 5.69 Å². The van der Waals surface area contributed by atoms with E-state index in [0.717, 1.165) is 11.1 Å². The molecule has 0 radical (unpaired) electrons. The number of benzene rings is 2. The number of nitrogens with one attached hydrogen (secondary N) is 1. The van der Waals surface area contributed by atoms with Crippen molar-refractivity contribution in [2.24, 2.45) is 0 Å². The molecule has 1 N–H and O–H groups in total. The average Bonchev–Trinajstić information content (AvgIpc) is 2.36. The molecule has 1 nitrogen and oxygen atoms in total. The lowest BCUT2D eigenvalue weighted by atomic mass is 10.1. The third kappa shape index (κ3) is 2.89. The van der Waals surface area contributed by atoms with Gasteiger partial charge in [-0.25, -0.2) is 13.2 Å². The topological polar surface area (TPSA) is 12.0 Å². The van der Waals surface area contributed by atoms with E-state index in [0.29, 0.717) is 5.56 Å². The van der Waals surface area contributed by atoms with Gasteiger partial charge in [0.15, 0.2) is 5.82 Å². The lowest BCUT2D eigenvalue weighted by Gasteiger charge is -2.12. The summed E-state index contributed by atoms with van der Waals surface area (Å²) in [5.41, 5.74) is 1.76. The van der Waals surface area contributed by atoms with Gasteiger partial charge in [-0.2, -0.15) is 0 Å². The summed E-state index contributed by atoms with van der Waals surface area (Å²) >= 11 is 0. The van der Waals surface area contributed by atoms with Crippen molar-refractivity contribution in [3.8, 4) is 0 Å². The average molecular weight is 265 g/mol. The highest BCUT2D eigenvalue weighted by Crippen LogP contribution is 2.22. The van der Waals surface area contributed by atoms with Gasteiger partial charge in [0, 0.05) is 6.54 Å². The van der Waals surface area contributed by atoms with E-state index in [1.807, 2.05) is 0 Å². The zero-order chi connectivity index (χ0) is 14.0. The van der Waals surface area contributed by atoms with Crippen LogP contribution < -0.4 is 5.32 Å². The number of rotatable bonds is 3. The van der Waals surface area contributed by atoms with E-state index in [2.05, 4.69) is 5.32 Å². The third-order valence-electron chi connectivity index (χ3n) is 3.04. The van der Waals surface area contributed by atoms with Crippen LogP contribution >= 0.6 is 0 Å². The molecular weight excluding hydrogens is 251 g/mol. The number of halogens is 3. The fraction of sp³-hybridized carbons (Fsp3) is 0.200. The maximum atomic E-state index is 13.8. The van der Waals surface area contributed by atoms with Crippen molar-refractivity contribution < 1.29 is 13.2 Å². The molecule has 0 fully saturated rings. The minimum atomic E-state index is -0.636. The van der Waals surface area contributed by atoms with Crippen molar-refractivity contribution in [3.63, 3.8) is 0 Å². The summed E-state index contributed by atoms with van der Waals surface area (Å²) in [6, 6.07) is 6.92. The SMILES string of the molecule is Cc1cc(F)ccc1CNc1c(F)ccc(C)c1F. The molecule has 0 bridgehead atoms. The van der Waals surface area contributed by atoms with E-state index in [1.165, 1.54) is 24.3 Å². The Kier molecular flexibility index (Phi) is 3.79. The number of aryl methyl sites for hydroxylation is 2. The molecule has 0 aliphatic heterocycles. The van der Waals surface area contributed by atoms with Crippen molar-refractivity contribution in [1.82, 2.24) is 0 Å². The van der Waals surface area contributed by atoms with Crippen LogP contribution in [0.4, 0.5) is 18.9 Å². The normalized spacial score (nSPS) is 10.6. The van der Waals surface area contributed by atoms with Crippen LogP contribution in [0.5, 0.6) is 0 Å². The van der Waals surface area contributed by atoms with Gasteiger partial charge in [0.25, 0.3) is 0 Å². The van der Waals surface area contributed by atoms with Gasteiger partial charge < -0.3 is 5.32 Å². The monoisotopic (exact) mass is 265 g/mol. The smallest absolute Gasteiger partial charge is 0.152 e. The van der Waals surface area contributed by atoms with Crippen molar-refractivity contribution in [3.05, 3.63) is 64.5 Å². The molecule has 0 atom stereocenters. The quantitative estimate of drug-likeness (QED) is 0.870. The van der Waals surface area contributed by atoms with Gasteiger partial charge in [0.1, 0.15) is 17.3 Å². The molecule has 0 saturated heterocycles. The Morgan fingerprint density at radius 2 is 1.68 bits per heavy atom. The molecule has 0 aromatic heterocycles. The van der Waals surface area contributed by atoms with Crippen LogP contribution in [0.3, 0.4) is 0 Å². The molecule has 0 aliphatic carbocycles. The highest BCUT2D eigenvalue weighted by molar-refractivity contribution is 5.49. The maximum Gasteiger partial charge on any atom is 0.152 e. The molecule has 2 rings (SSSR count). The first-order valence-electron chi connectivity index (χ1n) is 5.92. The Morgan fingerprint density at radius 1 is 0.947 bits per heavy atom. The Hall–Kier alpha value is -1.97. The van der Waals surface area contributed by atoms with Crippen LogP contribution in [0.25, 0.3) is 0 Å². The molecule has 0 heterocycles. The van der Waals surface area contributed by atoms with Gasteiger partial charge in [-0.05, 0) is 48.7 Å². The molecule has 0 saturated carbocycles. The first kappa shape index (κ1) is 13.5. The van der Waals surface area contributed by atoms with Gasteiger partial charge in [-0.3, -0.25) is 0 Å². The first-order chi connectivity index (χ1) is 8.99. The van der Waals surface area contributed by atoms with Crippen LogP contribution in [0, 0.1) is 31.3 Å². The van der Waals surface area contributed by atoms with Crippen molar-refractivity contribution in [1.29, 1.82) is 0 Å². The summed E-state index contributed by atoms with van der Waals surface area (Å²) in [4.78, 5) is 0. The van der Waals surface area contributed by atoms with Gasteiger partial charge in [0.2, 0.25) is 0 Å². The Labute approximate surface area is 110 Å². The summed E-state index contributed by atoms with van der Waals surface area (Å²) < 4.78 is 40.3. The fourth-order valence-electron chi connectivity index (χ4n) is 1.86. The zero-order valence-corrected chi connectivity index (χ0v) is 10.7. The summed E-state index contributed by atoms with van der Waals surface area (Å²) in [6.07, 6.45) is 0. The van der Waals surface area contributed by atoms with Crippen LogP contribution in [-0.2, 0) is 6.54 Å². The minimum Gasteiger partial charge on any atom is -0.376 e. The Morgan fingerprint density at radius 3 is 2.37 bits per heavy atom. The second-order valence-electron chi connectivity index (χ2n) is 4.48. The summed E-state index contributed by atoms with van der Waals surface area (Å²) in [7, 11) is 0. The summed E-state index contributed by atoms with van der Waals surface area (Å²) in [5, 5.41) is 2.73. The van der Waals surface area contributed by atoms with E-state index < -0.39 is 11.6 Å². The van der Waals surface area contributed by atoms with Gasteiger partial charge >= 0.3 is 0 Å². The standard InChI is InChI=1S/C15H14F3N/c1-9-3-6-13(17)15(14(9)18)19-8-11-4-5-12(16)7-10(11)2/h3-7,19H,8H2,1-2H3. The van der Waals surface area contributed by atoms with Gasteiger partial charge in [0.05, 0.1) is 0 Å². The Bertz CT molecular complexity index is 609. The maximum absolute atomic E-state index is 13.8. The minimum absolute atomic E-state index is 0.149. The highest BCUT2D eigenvalue weighted by Gasteiger charge is 2.11. The van der Waals surface area contributed by atoms with Crippen molar-refractivity contribution in [2.75, 3.05) is 5.32 Å². The largest absolute Gasteiger partial charge is 0.376 e. The molecule has 2 aromatic carbocycles. The summed E-state index contributed by atoms with van der Waals surface area (Å²) in [5.74, 6) is -1.56. The number of hydrogen-bond donors (Lipinski definition) is 1. The summed E-state index contributed by atoms with van der Waals surface area (Å²) in [6.45, 7) is 3.57. The Balaban J connectivity index is 2.21. The predicted octanol–water partition coefficient (Wildman–Crippen LogP) is 4.33.